The molecule has 0 spiro atoms. The molecule has 168 valence electrons. The van der Waals surface area contributed by atoms with E-state index in [1.54, 1.807) is 18.2 Å². The van der Waals surface area contributed by atoms with Crippen molar-refractivity contribution >= 4 is 50.7 Å². The molecule has 0 saturated carbocycles. The van der Waals surface area contributed by atoms with Crippen LogP contribution in [0.4, 0.5) is 0 Å². The van der Waals surface area contributed by atoms with Crippen LogP contribution in [0.15, 0.2) is 47.4 Å². The lowest BCUT2D eigenvalue weighted by molar-refractivity contribution is -0.122. The zero-order chi connectivity index (χ0) is 22.6. The number of likely N-dealkylation sites (tertiary alicyclic amines) is 1. The first-order valence-electron chi connectivity index (χ1n) is 9.82. The Kier molecular flexibility index (Phi) is 8.24. The van der Waals surface area contributed by atoms with Crippen molar-refractivity contribution in [2.24, 2.45) is 0 Å². The van der Waals surface area contributed by atoms with Gasteiger partial charge in [0, 0.05) is 17.6 Å². The monoisotopic (exact) mass is 503 g/mol. The number of rotatable bonds is 7. The number of hydrogen-bond acceptors (Lipinski definition) is 4. The first-order valence-corrected chi connectivity index (χ1v) is 12.4. The third kappa shape index (κ3) is 6.57. The molecule has 2 aromatic carbocycles. The molecule has 1 fully saturated rings. The van der Waals surface area contributed by atoms with Crippen molar-refractivity contribution in [3.63, 3.8) is 0 Å². The molecule has 0 bridgehead atoms. The van der Waals surface area contributed by atoms with E-state index in [4.69, 9.17) is 34.8 Å². The number of piperidine rings is 1. The van der Waals surface area contributed by atoms with Gasteiger partial charge in [-0.2, -0.15) is 4.31 Å². The second-order valence-electron chi connectivity index (χ2n) is 7.62. The lowest BCUT2D eigenvalue weighted by Gasteiger charge is -2.30. The summed E-state index contributed by atoms with van der Waals surface area (Å²) in [6.07, 6.45) is 1.66. The molecule has 0 unspecified atom stereocenters. The number of amides is 1. The Bertz CT molecular complexity index is 1020. The zero-order valence-electron chi connectivity index (χ0n) is 17.0. The zero-order valence-corrected chi connectivity index (χ0v) is 20.1. The second kappa shape index (κ2) is 10.5. The molecule has 1 aliphatic rings. The van der Waals surface area contributed by atoms with E-state index in [2.05, 4.69) is 10.2 Å². The van der Waals surface area contributed by atoms with Gasteiger partial charge < -0.3 is 10.2 Å². The molecule has 10 heteroatoms. The Morgan fingerprint density at radius 2 is 1.71 bits per heavy atom. The van der Waals surface area contributed by atoms with Gasteiger partial charge in [0.25, 0.3) is 0 Å². The van der Waals surface area contributed by atoms with Gasteiger partial charge in [0.2, 0.25) is 15.9 Å². The Hall–Kier alpha value is -1.35. The quantitative estimate of drug-likeness (QED) is 0.618. The minimum absolute atomic E-state index is 0.0251. The highest BCUT2D eigenvalue weighted by molar-refractivity contribution is 7.89. The number of halogens is 3. The summed E-state index contributed by atoms with van der Waals surface area (Å²) >= 11 is 18.0. The molecule has 1 amide bonds. The van der Waals surface area contributed by atoms with Crippen molar-refractivity contribution in [1.82, 2.24) is 14.5 Å². The first kappa shape index (κ1) is 24.3. The SMILES string of the molecule is CN1CCC(NC(=O)CN(Cc2ccc(Cl)c(Cl)c2)S(=O)(=O)c2ccc(Cl)cc2)CC1. The van der Waals surface area contributed by atoms with Crippen LogP contribution in [-0.4, -0.2) is 56.3 Å². The maximum absolute atomic E-state index is 13.3. The van der Waals surface area contributed by atoms with E-state index in [-0.39, 0.29) is 29.9 Å². The van der Waals surface area contributed by atoms with Gasteiger partial charge in [0.1, 0.15) is 0 Å². The number of hydrogen-bond donors (Lipinski definition) is 1. The summed E-state index contributed by atoms with van der Waals surface area (Å²) < 4.78 is 27.8. The molecular formula is C21H24Cl3N3O3S. The van der Waals surface area contributed by atoms with Gasteiger partial charge in [-0.05, 0) is 74.9 Å². The van der Waals surface area contributed by atoms with E-state index in [0.717, 1.165) is 30.2 Å². The minimum Gasteiger partial charge on any atom is -0.352 e. The van der Waals surface area contributed by atoms with Crippen LogP contribution >= 0.6 is 34.8 Å². The van der Waals surface area contributed by atoms with Crippen molar-refractivity contribution in [1.29, 1.82) is 0 Å². The molecule has 31 heavy (non-hydrogen) atoms. The number of carbonyl (C=O) groups excluding carboxylic acids is 1. The lowest BCUT2D eigenvalue weighted by atomic mass is 10.1. The standard InChI is InChI=1S/C21H24Cl3N3O3S/c1-26-10-8-17(9-11-26)25-21(28)14-27(13-15-2-7-19(23)20(24)12-15)31(29,30)18-5-3-16(22)4-6-18/h2-7,12,17H,8-11,13-14H2,1H3,(H,25,28). The number of nitrogens with one attached hydrogen (secondary N) is 1. The third-order valence-electron chi connectivity index (χ3n) is 5.20. The largest absolute Gasteiger partial charge is 0.352 e. The summed E-state index contributed by atoms with van der Waals surface area (Å²) in [6, 6.07) is 10.8. The molecule has 0 atom stereocenters. The summed E-state index contributed by atoms with van der Waals surface area (Å²) in [7, 11) is -1.92. The Balaban J connectivity index is 1.81. The Labute approximate surface area is 198 Å². The van der Waals surface area contributed by atoms with Crippen molar-refractivity contribution < 1.29 is 13.2 Å². The Morgan fingerprint density at radius 3 is 2.32 bits per heavy atom. The topological polar surface area (TPSA) is 69.7 Å². The molecule has 3 rings (SSSR count). The Morgan fingerprint density at radius 1 is 1.06 bits per heavy atom. The summed E-state index contributed by atoms with van der Waals surface area (Å²) in [5.74, 6) is -0.341. The van der Waals surface area contributed by atoms with Crippen molar-refractivity contribution in [3.8, 4) is 0 Å². The molecule has 1 N–H and O–H groups in total. The van der Waals surface area contributed by atoms with Crippen LogP contribution in [0.1, 0.15) is 18.4 Å². The fraction of sp³-hybridized carbons (Fsp3) is 0.381. The number of sulfonamides is 1. The number of carbonyl (C=O) groups is 1. The van der Waals surface area contributed by atoms with Crippen LogP contribution < -0.4 is 5.32 Å². The van der Waals surface area contributed by atoms with Gasteiger partial charge in [-0.25, -0.2) is 8.42 Å². The van der Waals surface area contributed by atoms with Gasteiger partial charge in [-0.1, -0.05) is 40.9 Å². The van der Waals surface area contributed by atoms with Crippen molar-refractivity contribution in [2.75, 3.05) is 26.7 Å². The minimum atomic E-state index is -3.95. The van der Waals surface area contributed by atoms with Gasteiger partial charge in [-0.15, -0.1) is 0 Å². The molecule has 0 radical (unpaired) electrons. The molecule has 1 aliphatic heterocycles. The van der Waals surface area contributed by atoms with Crippen LogP contribution in [-0.2, 0) is 21.4 Å². The molecule has 0 aromatic heterocycles. The normalized spacial score (nSPS) is 15.9. The number of nitrogens with zero attached hydrogens (tertiary/aromatic N) is 2. The predicted octanol–water partition coefficient (Wildman–Crippen LogP) is 4.05. The van der Waals surface area contributed by atoms with E-state index < -0.39 is 10.0 Å². The van der Waals surface area contributed by atoms with E-state index >= 15 is 0 Å². The highest BCUT2D eigenvalue weighted by Gasteiger charge is 2.28. The smallest absolute Gasteiger partial charge is 0.243 e. The van der Waals surface area contributed by atoms with Crippen molar-refractivity contribution in [2.45, 2.75) is 30.3 Å². The predicted molar refractivity (Wildman–Crippen MR) is 124 cm³/mol. The van der Waals surface area contributed by atoms with Crippen LogP contribution in [0.2, 0.25) is 15.1 Å². The van der Waals surface area contributed by atoms with Crippen LogP contribution in [0, 0.1) is 0 Å². The van der Waals surface area contributed by atoms with Crippen LogP contribution in [0.5, 0.6) is 0 Å². The van der Waals surface area contributed by atoms with Crippen LogP contribution in [0.3, 0.4) is 0 Å². The van der Waals surface area contributed by atoms with Crippen molar-refractivity contribution in [3.05, 3.63) is 63.1 Å². The van der Waals surface area contributed by atoms with E-state index in [0.29, 0.717) is 20.6 Å². The maximum Gasteiger partial charge on any atom is 0.243 e. The average Bonchev–Trinajstić information content (AvgIpc) is 2.72. The van der Waals surface area contributed by atoms with E-state index in [1.807, 2.05) is 7.05 Å². The summed E-state index contributed by atoms with van der Waals surface area (Å²) in [4.78, 5) is 15.0. The van der Waals surface area contributed by atoms with Crippen LogP contribution in [0.25, 0.3) is 0 Å². The average molecular weight is 505 g/mol. The van der Waals surface area contributed by atoms with Gasteiger partial charge in [0.05, 0.1) is 21.5 Å². The fourth-order valence-electron chi connectivity index (χ4n) is 3.41. The molecule has 6 nitrogen and oxygen atoms in total. The van der Waals surface area contributed by atoms with Gasteiger partial charge in [0.15, 0.2) is 0 Å². The maximum atomic E-state index is 13.3. The second-order valence-corrected chi connectivity index (χ2v) is 10.8. The van der Waals surface area contributed by atoms with E-state index in [9.17, 15) is 13.2 Å². The molecule has 1 heterocycles. The number of benzene rings is 2. The molecule has 2 aromatic rings. The molecule has 0 aliphatic carbocycles. The molecule has 1 saturated heterocycles. The first-order chi connectivity index (χ1) is 14.6. The van der Waals surface area contributed by atoms with Gasteiger partial charge >= 0.3 is 0 Å². The summed E-state index contributed by atoms with van der Waals surface area (Å²) in [5, 5.41) is 4.09. The fourth-order valence-corrected chi connectivity index (χ4v) is 5.24. The third-order valence-corrected chi connectivity index (χ3v) is 7.99. The summed E-state index contributed by atoms with van der Waals surface area (Å²) in [6.45, 7) is 1.45. The van der Waals surface area contributed by atoms with E-state index in [1.165, 1.54) is 24.3 Å². The highest BCUT2D eigenvalue weighted by atomic mass is 35.5. The summed E-state index contributed by atoms with van der Waals surface area (Å²) in [5.41, 5.74) is 0.624. The molecular weight excluding hydrogens is 481 g/mol. The van der Waals surface area contributed by atoms with Gasteiger partial charge in [-0.3, -0.25) is 4.79 Å². The lowest BCUT2D eigenvalue weighted by Crippen LogP contribution is -2.47. The highest BCUT2D eigenvalue weighted by Crippen LogP contribution is 2.25.